The summed E-state index contributed by atoms with van der Waals surface area (Å²) in [4.78, 5) is 26.3. The second kappa shape index (κ2) is 9.06. The van der Waals surface area contributed by atoms with Gasteiger partial charge in [0.25, 0.3) is 5.91 Å². The molecular formula is C27H32N6O. The molecule has 1 aromatic heterocycles. The number of carbonyl (C=O) groups excluding carboxylic acids is 1. The van der Waals surface area contributed by atoms with Crippen LogP contribution in [0.2, 0.25) is 0 Å². The molecule has 0 radical (unpaired) electrons. The summed E-state index contributed by atoms with van der Waals surface area (Å²) in [5.74, 6) is 0.979. The Morgan fingerprint density at radius 2 is 1.85 bits per heavy atom. The lowest BCUT2D eigenvalue weighted by Crippen LogP contribution is -2.53. The standard InChI is InChI=1S/C27H32N6O/c1-17(2)24-16-33(13-12-32(24)3)21-7-4-18(5-8-21)23-15-30-26(28)25(31-23)20-6-9-22-19(14-20)10-11-29-27(22)34/h4-9,14-15,17,24H,10-13,16H2,1-3H3,(H2,28,30)(H,29,34). The van der Waals surface area contributed by atoms with Crippen molar-refractivity contribution in [3.8, 4) is 22.5 Å². The molecule has 0 spiro atoms. The molecule has 2 aliphatic heterocycles. The van der Waals surface area contributed by atoms with E-state index in [1.54, 1.807) is 6.20 Å². The molecule has 3 aromatic rings. The molecule has 3 N–H and O–H groups in total. The Bertz CT molecular complexity index is 1210. The van der Waals surface area contributed by atoms with Gasteiger partial charge in [0.2, 0.25) is 0 Å². The lowest BCUT2D eigenvalue weighted by molar-refractivity contribution is 0.0946. The molecule has 1 saturated heterocycles. The number of anilines is 2. The molecule has 7 nitrogen and oxygen atoms in total. The normalized spacial score (nSPS) is 18.6. The fourth-order valence-electron chi connectivity index (χ4n) is 5.02. The minimum absolute atomic E-state index is 0.0271. The molecule has 0 aliphatic carbocycles. The second-order valence-electron chi connectivity index (χ2n) is 9.65. The van der Waals surface area contributed by atoms with Crippen LogP contribution in [0.1, 0.15) is 29.8 Å². The summed E-state index contributed by atoms with van der Waals surface area (Å²) in [7, 11) is 2.22. The van der Waals surface area contributed by atoms with Gasteiger partial charge >= 0.3 is 0 Å². The molecule has 1 unspecified atom stereocenters. The van der Waals surface area contributed by atoms with E-state index in [0.717, 1.165) is 54.0 Å². The van der Waals surface area contributed by atoms with Gasteiger partial charge < -0.3 is 16.0 Å². The van der Waals surface area contributed by atoms with Crippen molar-refractivity contribution in [1.29, 1.82) is 0 Å². The average molecular weight is 457 g/mol. The van der Waals surface area contributed by atoms with Gasteiger partial charge in [-0.25, -0.2) is 9.97 Å². The molecule has 5 rings (SSSR count). The van der Waals surface area contributed by atoms with Crippen LogP contribution in [-0.2, 0) is 6.42 Å². The van der Waals surface area contributed by atoms with E-state index in [1.807, 2.05) is 18.2 Å². The maximum atomic E-state index is 12.1. The number of piperazine rings is 1. The summed E-state index contributed by atoms with van der Waals surface area (Å²) in [6.45, 7) is 8.37. The Balaban J connectivity index is 1.40. The number of benzene rings is 2. The number of hydrogen-bond acceptors (Lipinski definition) is 6. The van der Waals surface area contributed by atoms with E-state index in [9.17, 15) is 4.79 Å². The first-order valence-corrected chi connectivity index (χ1v) is 12.0. The van der Waals surface area contributed by atoms with Crippen molar-refractivity contribution in [3.05, 3.63) is 59.8 Å². The van der Waals surface area contributed by atoms with Crippen molar-refractivity contribution in [2.75, 3.05) is 43.9 Å². The predicted octanol–water partition coefficient (Wildman–Crippen LogP) is 3.46. The predicted molar refractivity (Wildman–Crippen MR) is 137 cm³/mol. The Kier molecular flexibility index (Phi) is 5.96. The van der Waals surface area contributed by atoms with Crippen LogP contribution >= 0.6 is 0 Å². The largest absolute Gasteiger partial charge is 0.382 e. The van der Waals surface area contributed by atoms with Crippen molar-refractivity contribution >= 4 is 17.4 Å². The third kappa shape index (κ3) is 4.23. The fourth-order valence-corrected chi connectivity index (χ4v) is 5.02. The number of amides is 1. The van der Waals surface area contributed by atoms with Gasteiger partial charge in [-0.15, -0.1) is 0 Å². The first-order chi connectivity index (χ1) is 16.4. The highest BCUT2D eigenvalue weighted by Crippen LogP contribution is 2.30. The maximum absolute atomic E-state index is 12.1. The Labute approximate surface area is 201 Å². The third-order valence-corrected chi connectivity index (χ3v) is 7.10. The fraction of sp³-hybridized carbons (Fsp3) is 0.370. The van der Waals surface area contributed by atoms with E-state index in [4.69, 9.17) is 10.7 Å². The van der Waals surface area contributed by atoms with Gasteiger partial charge in [0, 0.05) is 54.6 Å². The SMILES string of the molecule is CC(C)C1CN(c2ccc(-c3cnc(N)c(-c4ccc5c(c4)CCNC5=O)n3)cc2)CCN1C. The van der Waals surface area contributed by atoms with E-state index in [0.29, 0.717) is 30.0 Å². The molecule has 0 bridgehead atoms. The Morgan fingerprint density at radius 3 is 2.62 bits per heavy atom. The van der Waals surface area contributed by atoms with Crippen LogP contribution in [0.4, 0.5) is 11.5 Å². The monoisotopic (exact) mass is 456 g/mol. The minimum atomic E-state index is -0.0271. The number of nitrogens with zero attached hydrogens (tertiary/aromatic N) is 4. The molecule has 3 heterocycles. The highest BCUT2D eigenvalue weighted by Gasteiger charge is 2.26. The van der Waals surface area contributed by atoms with E-state index in [2.05, 4.69) is 65.3 Å². The lowest BCUT2D eigenvalue weighted by atomic mass is 9.96. The van der Waals surface area contributed by atoms with Gasteiger partial charge in [0.1, 0.15) is 11.5 Å². The molecule has 34 heavy (non-hydrogen) atoms. The minimum Gasteiger partial charge on any atom is -0.382 e. The van der Waals surface area contributed by atoms with E-state index < -0.39 is 0 Å². The molecule has 1 amide bonds. The number of carbonyl (C=O) groups is 1. The van der Waals surface area contributed by atoms with Gasteiger partial charge in [0.15, 0.2) is 0 Å². The molecule has 1 atom stereocenters. The highest BCUT2D eigenvalue weighted by atomic mass is 16.1. The molecule has 7 heteroatoms. The number of nitrogens with two attached hydrogens (primary N) is 1. The van der Waals surface area contributed by atoms with Gasteiger partial charge in [-0.2, -0.15) is 0 Å². The maximum Gasteiger partial charge on any atom is 0.251 e. The van der Waals surface area contributed by atoms with E-state index in [1.165, 1.54) is 5.69 Å². The molecule has 176 valence electrons. The van der Waals surface area contributed by atoms with Crippen molar-refractivity contribution in [2.45, 2.75) is 26.3 Å². The second-order valence-corrected chi connectivity index (χ2v) is 9.65. The topological polar surface area (TPSA) is 87.4 Å². The molecule has 1 fully saturated rings. The van der Waals surface area contributed by atoms with Gasteiger partial charge in [-0.1, -0.05) is 32.0 Å². The average Bonchev–Trinajstić information content (AvgIpc) is 2.84. The van der Waals surface area contributed by atoms with Crippen LogP contribution < -0.4 is 16.0 Å². The van der Waals surface area contributed by atoms with E-state index in [-0.39, 0.29) is 5.91 Å². The van der Waals surface area contributed by atoms with Crippen molar-refractivity contribution in [1.82, 2.24) is 20.2 Å². The number of hydrogen-bond donors (Lipinski definition) is 2. The van der Waals surface area contributed by atoms with Gasteiger partial charge in [0.05, 0.1) is 11.9 Å². The number of rotatable bonds is 4. The number of nitrogen functional groups attached to an aromatic ring is 1. The molecule has 0 saturated carbocycles. The van der Waals surface area contributed by atoms with Crippen LogP contribution in [0, 0.1) is 5.92 Å². The molecule has 2 aromatic carbocycles. The van der Waals surface area contributed by atoms with Gasteiger partial charge in [-0.3, -0.25) is 9.69 Å². The summed E-state index contributed by atoms with van der Waals surface area (Å²) < 4.78 is 0. The molecular weight excluding hydrogens is 424 g/mol. The summed E-state index contributed by atoms with van der Waals surface area (Å²) in [6.07, 6.45) is 2.53. The molecule has 2 aliphatic rings. The smallest absolute Gasteiger partial charge is 0.251 e. The number of nitrogens with one attached hydrogen (secondary N) is 1. The number of aromatic nitrogens is 2. The van der Waals surface area contributed by atoms with Crippen molar-refractivity contribution in [2.24, 2.45) is 5.92 Å². The number of likely N-dealkylation sites (N-methyl/N-ethyl adjacent to an activating group) is 1. The zero-order valence-electron chi connectivity index (χ0n) is 20.1. The Morgan fingerprint density at radius 1 is 1.09 bits per heavy atom. The van der Waals surface area contributed by atoms with Crippen LogP contribution in [-0.4, -0.2) is 60.0 Å². The zero-order valence-corrected chi connectivity index (χ0v) is 20.1. The highest BCUT2D eigenvalue weighted by molar-refractivity contribution is 5.97. The summed E-state index contributed by atoms with van der Waals surface area (Å²) >= 11 is 0. The van der Waals surface area contributed by atoms with Crippen LogP contribution in [0.25, 0.3) is 22.5 Å². The number of fused-ring (bicyclic) bond motifs is 1. The van der Waals surface area contributed by atoms with Gasteiger partial charge in [-0.05, 0) is 49.2 Å². The first-order valence-electron chi connectivity index (χ1n) is 12.0. The lowest BCUT2D eigenvalue weighted by Gasteiger charge is -2.42. The summed E-state index contributed by atoms with van der Waals surface area (Å²) in [6, 6.07) is 14.9. The van der Waals surface area contributed by atoms with Crippen LogP contribution in [0.5, 0.6) is 0 Å². The first kappa shape index (κ1) is 22.3. The zero-order chi connectivity index (χ0) is 23.8. The van der Waals surface area contributed by atoms with E-state index >= 15 is 0 Å². The summed E-state index contributed by atoms with van der Waals surface area (Å²) in [5.41, 5.74) is 12.5. The van der Waals surface area contributed by atoms with Crippen LogP contribution in [0.15, 0.2) is 48.7 Å². The summed E-state index contributed by atoms with van der Waals surface area (Å²) in [5, 5.41) is 2.88. The van der Waals surface area contributed by atoms with Crippen molar-refractivity contribution < 1.29 is 4.79 Å². The Hall–Kier alpha value is -3.45. The quantitative estimate of drug-likeness (QED) is 0.625. The van der Waals surface area contributed by atoms with Crippen molar-refractivity contribution in [3.63, 3.8) is 0 Å². The third-order valence-electron chi connectivity index (χ3n) is 7.10. The van der Waals surface area contributed by atoms with Crippen LogP contribution in [0.3, 0.4) is 0 Å².